The largest absolute Gasteiger partial charge is 0.340 e. The van der Waals surface area contributed by atoms with Gasteiger partial charge in [0.1, 0.15) is 5.82 Å². The van der Waals surface area contributed by atoms with Gasteiger partial charge in [-0.15, -0.1) is 24.8 Å². The molecule has 0 saturated carbocycles. The number of nitrogens with zero attached hydrogens (tertiary/aromatic N) is 3. The molecule has 2 aliphatic heterocycles. The molecule has 148 valence electrons. The number of H-pyrrole nitrogens is 1. The van der Waals surface area contributed by atoms with Crippen LogP contribution in [-0.2, 0) is 17.8 Å². The number of imidazole rings is 1. The second kappa shape index (κ2) is 8.80. The number of amides is 1. The quantitative estimate of drug-likeness (QED) is 0.764. The minimum Gasteiger partial charge on any atom is -0.340 e. The van der Waals surface area contributed by atoms with Crippen LogP contribution in [0.15, 0.2) is 24.3 Å². The Morgan fingerprint density at radius 2 is 2.00 bits per heavy atom. The molecule has 0 spiro atoms. The molecule has 1 amide bonds. The van der Waals surface area contributed by atoms with Gasteiger partial charge >= 0.3 is 0 Å². The summed E-state index contributed by atoms with van der Waals surface area (Å²) in [6, 6.07) is 7.59. The standard InChI is InChI=1S/C18H22ClN5O.2ClH/c1-23-9-13(20)8-16(23)18(25)24-7-6-14-15(10-24)22-17(21-14)11-2-4-12(19)5-3-11;;/h2-5,13,16H,6-10,20H2,1H3,(H,21,22);2*1H/t13-,16-;;/m0../s1. The van der Waals surface area contributed by atoms with Gasteiger partial charge in [0.25, 0.3) is 0 Å². The molecular weight excluding hydrogens is 409 g/mol. The number of fused-ring (bicyclic) bond motifs is 1. The number of likely N-dealkylation sites (tertiary alicyclic amines) is 1. The summed E-state index contributed by atoms with van der Waals surface area (Å²) < 4.78 is 0. The van der Waals surface area contributed by atoms with Crippen molar-refractivity contribution in [3.8, 4) is 11.4 Å². The average Bonchev–Trinajstić information content (AvgIpc) is 3.16. The predicted molar refractivity (Wildman–Crippen MR) is 112 cm³/mol. The number of rotatable bonds is 2. The highest BCUT2D eigenvalue weighted by Gasteiger charge is 2.36. The first-order valence-corrected chi connectivity index (χ1v) is 8.97. The van der Waals surface area contributed by atoms with Gasteiger partial charge in [0.05, 0.1) is 24.0 Å². The highest BCUT2D eigenvalue weighted by molar-refractivity contribution is 6.30. The Balaban J connectivity index is 0.00000131. The Labute approximate surface area is 176 Å². The van der Waals surface area contributed by atoms with Gasteiger partial charge in [-0.05, 0) is 37.7 Å². The van der Waals surface area contributed by atoms with Crippen LogP contribution in [0.4, 0.5) is 0 Å². The molecule has 0 bridgehead atoms. The summed E-state index contributed by atoms with van der Waals surface area (Å²) in [5.41, 5.74) is 9.07. The Hall–Kier alpha value is -1.31. The Bertz CT molecular complexity index is 795. The fraction of sp³-hybridized carbons (Fsp3) is 0.444. The first-order valence-electron chi connectivity index (χ1n) is 8.59. The molecule has 0 aliphatic carbocycles. The first-order chi connectivity index (χ1) is 12.0. The van der Waals surface area contributed by atoms with E-state index >= 15 is 0 Å². The van der Waals surface area contributed by atoms with Gasteiger partial charge < -0.3 is 15.6 Å². The van der Waals surface area contributed by atoms with E-state index in [1.54, 1.807) is 0 Å². The van der Waals surface area contributed by atoms with Crippen molar-refractivity contribution in [2.75, 3.05) is 20.1 Å². The highest BCUT2D eigenvalue weighted by Crippen LogP contribution is 2.25. The summed E-state index contributed by atoms with van der Waals surface area (Å²) in [5, 5.41) is 0.704. The zero-order valence-corrected chi connectivity index (χ0v) is 17.4. The van der Waals surface area contributed by atoms with E-state index < -0.39 is 0 Å². The van der Waals surface area contributed by atoms with Gasteiger partial charge in [0.2, 0.25) is 5.91 Å². The summed E-state index contributed by atoms with van der Waals surface area (Å²) in [6.45, 7) is 2.06. The van der Waals surface area contributed by atoms with Crippen LogP contribution >= 0.6 is 36.4 Å². The molecular formula is C18H24Cl3N5O. The molecule has 0 radical (unpaired) electrons. The maximum atomic E-state index is 12.9. The fourth-order valence-electron chi connectivity index (χ4n) is 3.76. The molecule has 6 nitrogen and oxygen atoms in total. The number of carbonyl (C=O) groups is 1. The number of carbonyl (C=O) groups excluding carboxylic acids is 1. The second-order valence-electron chi connectivity index (χ2n) is 6.98. The van der Waals surface area contributed by atoms with Gasteiger partial charge in [-0.1, -0.05) is 11.6 Å². The van der Waals surface area contributed by atoms with Crippen molar-refractivity contribution in [1.29, 1.82) is 0 Å². The number of aromatic amines is 1. The monoisotopic (exact) mass is 431 g/mol. The summed E-state index contributed by atoms with van der Waals surface area (Å²) in [5.74, 6) is 1.000. The molecule has 1 saturated heterocycles. The lowest BCUT2D eigenvalue weighted by molar-refractivity contribution is -0.136. The number of hydrogen-bond acceptors (Lipinski definition) is 4. The van der Waals surface area contributed by atoms with Crippen LogP contribution in [0, 0.1) is 0 Å². The van der Waals surface area contributed by atoms with Crippen molar-refractivity contribution >= 4 is 42.3 Å². The average molecular weight is 433 g/mol. The third-order valence-electron chi connectivity index (χ3n) is 5.13. The van der Waals surface area contributed by atoms with E-state index in [1.165, 1.54) is 0 Å². The molecule has 0 unspecified atom stereocenters. The van der Waals surface area contributed by atoms with E-state index in [2.05, 4.69) is 9.88 Å². The van der Waals surface area contributed by atoms with E-state index in [0.717, 1.165) is 42.2 Å². The van der Waals surface area contributed by atoms with Crippen LogP contribution in [0.2, 0.25) is 5.02 Å². The van der Waals surface area contributed by atoms with E-state index in [4.69, 9.17) is 22.3 Å². The van der Waals surface area contributed by atoms with E-state index in [1.807, 2.05) is 36.2 Å². The summed E-state index contributed by atoms with van der Waals surface area (Å²) in [4.78, 5) is 24.9. The summed E-state index contributed by atoms with van der Waals surface area (Å²) >= 11 is 5.95. The normalized spacial score (nSPS) is 22.0. The van der Waals surface area contributed by atoms with E-state index in [9.17, 15) is 4.79 Å². The van der Waals surface area contributed by atoms with Crippen molar-refractivity contribution in [2.45, 2.75) is 31.5 Å². The van der Waals surface area contributed by atoms with Gasteiger partial charge in [0.15, 0.2) is 0 Å². The predicted octanol–water partition coefficient (Wildman–Crippen LogP) is 2.49. The third kappa shape index (κ3) is 4.41. The van der Waals surface area contributed by atoms with Crippen LogP contribution < -0.4 is 5.73 Å². The molecule has 2 atom stereocenters. The number of likely N-dealkylation sites (N-methyl/N-ethyl adjacent to an activating group) is 1. The highest BCUT2D eigenvalue weighted by atomic mass is 35.5. The first kappa shape index (κ1) is 22.0. The Kier molecular flexibility index (Phi) is 7.16. The lowest BCUT2D eigenvalue weighted by Gasteiger charge is -2.30. The second-order valence-corrected chi connectivity index (χ2v) is 7.41. The molecule has 3 N–H and O–H groups in total. The lowest BCUT2D eigenvalue weighted by Crippen LogP contribution is -2.46. The number of benzene rings is 1. The molecule has 1 aromatic carbocycles. The molecule has 3 heterocycles. The Morgan fingerprint density at radius 1 is 1.30 bits per heavy atom. The van der Waals surface area contributed by atoms with Crippen molar-refractivity contribution in [1.82, 2.24) is 19.8 Å². The molecule has 4 rings (SSSR count). The van der Waals surface area contributed by atoms with Gasteiger partial charge in [-0.3, -0.25) is 9.69 Å². The van der Waals surface area contributed by atoms with Crippen molar-refractivity contribution in [3.05, 3.63) is 40.7 Å². The van der Waals surface area contributed by atoms with Crippen LogP contribution in [0.1, 0.15) is 17.8 Å². The van der Waals surface area contributed by atoms with Crippen LogP contribution in [0.5, 0.6) is 0 Å². The fourth-order valence-corrected chi connectivity index (χ4v) is 3.89. The van der Waals surface area contributed by atoms with Gasteiger partial charge in [-0.2, -0.15) is 0 Å². The number of hydrogen-bond donors (Lipinski definition) is 2. The Morgan fingerprint density at radius 3 is 2.63 bits per heavy atom. The zero-order chi connectivity index (χ0) is 17.6. The molecule has 2 aliphatic rings. The minimum absolute atomic E-state index is 0. The van der Waals surface area contributed by atoms with Gasteiger partial charge in [-0.25, -0.2) is 4.98 Å². The topological polar surface area (TPSA) is 78.2 Å². The number of nitrogens with two attached hydrogens (primary N) is 1. The van der Waals surface area contributed by atoms with Crippen molar-refractivity contribution in [2.24, 2.45) is 5.73 Å². The maximum Gasteiger partial charge on any atom is 0.240 e. The molecule has 2 aromatic rings. The van der Waals surface area contributed by atoms with Crippen LogP contribution in [-0.4, -0.2) is 57.9 Å². The van der Waals surface area contributed by atoms with E-state index in [-0.39, 0.29) is 42.8 Å². The molecule has 9 heteroatoms. The molecule has 1 fully saturated rings. The molecule has 1 aromatic heterocycles. The van der Waals surface area contributed by atoms with Crippen LogP contribution in [0.3, 0.4) is 0 Å². The van der Waals surface area contributed by atoms with Gasteiger partial charge in [0, 0.05) is 36.1 Å². The smallest absolute Gasteiger partial charge is 0.240 e. The molecule has 27 heavy (non-hydrogen) atoms. The SMILES string of the molecule is CN1C[C@@H](N)C[C@H]1C(=O)N1CCc2nc(-c3ccc(Cl)cc3)[nH]c2C1.Cl.Cl. The third-order valence-corrected chi connectivity index (χ3v) is 5.38. The lowest BCUT2D eigenvalue weighted by atomic mass is 10.1. The van der Waals surface area contributed by atoms with E-state index in [0.29, 0.717) is 18.1 Å². The summed E-state index contributed by atoms with van der Waals surface area (Å²) in [7, 11) is 1.97. The van der Waals surface area contributed by atoms with Crippen molar-refractivity contribution in [3.63, 3.8) is 0 Å². The summed E-state index contributed by atoms with van der Waals surface area (Å²) in [6.07, 6.45) is 1.51. The zero-order valence-electron chi connectivity index (χ0n) is 15.0. The number of halogens is 3. The maximum absolute atomic E-state index is 12.9. The number of nitrogens with one attached hydrogen (secondary N) is 1. The number of aromatic nitrogens is 2. The van der Waals surface area contributed by atoms with Crippen LogP contribution in [0.25, 0.3) is 11.4 Å². The van der Waals surface area contributed by atoms with Crippen molar-refractivity contribution < 1.29 is 4.79 Å². The minimum atomic E-state index is -0.102.